The van der Waals surface area contributed by atoms with E-state index in [2.05, 4.69) is 34.6 Å². The Kier molecular flexibility index (Phi) is 4.86. The highest BCUT2D eigenvalue weighted by Crippen LogP contribution is 2.22. The van der Waals surface area contributed by atoms with Crippen LogP contribution in [0.15, 0.2) is 0 Å². The fourth-order valence-electron chi connectivity index (χ4n) is 1.70. The molecular formula is C12H23N5O. The molecule has 1 aromatic rings. The predicted molar refractivity (Wildman–Crippen MR) is 73.5 cm³/mol. The lowest BCUT2D eigenvalue weighted by atomic mass is 10.1. The molecule has 0 unspecified atom stereocenters. The third-order valence-corrected chi connectivity index (χ3v) is 2.61. The summed E-state index contributed by atoms with van der Waals surface area (Å²) >= 11 is 0. The Hall–Kier alpha value is -1.40. The average molecular weight is 253 g/mol. The van der Waals surface area contributed by atoms with E-state index in [4.69, 9.17) is 10.6 Å². The molecule has 0 fully saturated rings. The van der Waals surface area contributed by atoms with Crippen molar-refractivity contribution in [3.05, 3.63) is 11.4 Å². The Morgan fingerprint density at radius 2 is 1.89 bits per heavy atom. The standard InChI is InChI=1S/C12H23N5O/c1-6-9-14-10(8(2)11(15-9)17-13)16-12(3,4)7-18-5/h6-7,13H2,1-5H3,(H2,14,15,16,17). The minimum absolute atomic E-state index is 0.204. The van der Waals surface area contributed by atoms with E-state index in [1.165, 1.54) is 0 Å². The highest BCUT2D eigenvalue weighted by Gasteiger charge is 2.20. The fourth-order valence-corrected chi connectivity index (χ4v) is 1.70. The van der Waals surface area contributed by atoms with Crippen LogP contribution in [0.25, 0.3) is 0 Å². The molecule has 0 saturated heterocycles. The van der Waals surface area contributed by atoms with Crippen LogP contribution in [0.5, 0.6) is 0 Å². The van der Waals surface area contributed by atoms with Crippen molar-refractivity contribution in [1.29, 1.82) is 0 Å². The molecule has 0 aliphatic rings. The molecule has 102 valence electrons. The Bertz CT molecular complexity index is 406. The number of methoxy groups -OCH3 is 1. The van der Waals surface area contributed by atoms with Crippen molar-refractivity contribution in [2.24, 2.45) is 5.84 Å². The van der Waals surface area contributed by atoms with E-state index in [-0.39, 0.29) is 5.54 Å². The summed E-state index contributed by atoms with van der Waals surface area (Å²) in [7, 11) is 1.68. The maximum absolute atomic E-state index is 5.47. The van der Waals surface area contributed by atoms with Gasteiger partial charge in [0.2, 0.25) is 0 Å². The van der Waals surface area contributed by atoms with Gasteiger partial charge < -0.3 is 15.5 Å². The van der Waals surface area contributed by atoms with E-state index in [1.54, 1.807) is 7.11 Å². The van der Waals surface area contributed by atoms with Crippen LogP contribution in [0.3, 0.4) is 0 Å². The van der Waals surface area contributed by atoms with Gasteiger partial charge in [-0.15, -0.1) is 0 Å². The van der Waals surface area contributed by atoms with Crippen LogP contribution < -0.4 is 16.6 Å². The number of nitrogen functional groups attached to an aromatic ring is 1. The second-order valence-electron chi connectivity index (χ2n) is 4.90. The minimum Gasteiger partial charge on any atom is -0.382 e. The summed E-state index contributed by atoms with van der Waals surface area (Å²) in [5.41, 5.74) is 3.30. The van der Waals surface area contributed by atoms with Crippen molar-refractivity contribution in [2.75, 3.05) is 24.5 Å². The van der Waals surface area contributed by atoms with Crippen molar-refractivity contribution in [1.82, 2.24) is 9.97 Å². The number of anilines is 2. The Morgan fingerprint density at radius 1 is 1.28 bits per heavy atom. The van der Waals surface area contributed by atoms with Gasteiger partial charge in [0.05, 0.1) is 12.1 Å². The van der Waals surface area contributed by atoms with Gasteiger partial charge in [0.1, 0.15) is 17.5 Å². The van der Waals surface area contributed by atoms with Crippen molar-refractivity contribution in [3.63, 3.8) is 0 Å². The fraction of sp³-hybridized carbons (Fsp3) is 0.667. The number of nitrogens with two attached hydrogens (primary N) is 1. The van der Waals surface area contributed by atoms with Crippen LogP contribution in [0.1, 0.15) is 32.2 Å². The van der Waals surface area contributed by atoms with Crippen LogP contribution in [-0.4, -0.2) is 29.2 Å². The second kappa shape index (κ2) is 5.97. The predicted octanol–water partition coefficient (Wildman–Crippen LogP) is 1.47. The SMILES string of the molecule is CCc1nc(NN)c(C)c(NC(C)(C)COC)n1. The van der Waals surface area contributed by atoms with Gasteiger partial charge in [-0.25, -0.2) is 15.8 Å². The lowest BCUT2D eigenvalue weighted by molar-refractivity contribution is 0.158. The van der Waals surface area contributed by atoms with E-state index in [0.29, 0.717) is 12.4 Å². The monoisotopic (exact) mass is 253 g/mol. The second-order valence-corrected chi connectivity index (χ2v) is 4.90. The molecule has 1 heterocycles. The van der Waals surface area contributed by atoms with E-state index < -0.39 is 0 Å². The lowest BCUT2D eigenvalue weighted by Gasteiger charge is -2.27. The topological polar surface area (TPSA) is 85.1 Å². The number of ether oxygens (including phenoxy) is 1. The van der Waals surface area contributed by atoms with Crippen molar-refractivity contribution < 1.29 is 4.74 Å². The molecular weight excluding hydrogens is 230 g/mol. The maximum atomic E-state index is 5.47. The molecule has 4 N–H and O–H groups in total. The molecule has 0 saturated carbocycles. The van der Waals surface area contributed by atoms with Crippen LogP contribution >= 0.6 is 0 Å². The summed E-state index contributed by atoms with van der Waals surface area (Å²) in [6, 6.07) is 0. The Morgan fingerprint density at radius 3 is 2.39 bits per heavy atom. The van der Waals surface area contributed by atoms with Gasteiger partial charge in [-0.1, -0.05) is 6.92 Å². The highest BCUT2D eigenvalue weighted by atomic mass is 16.5. The molecule has 6 heteroatoms. The van der Waals surface area contributed by atoms with E-state index in [9.17, 15) is 0 Å². The molecule has 0 atom stereocenters. The molecule has 0 aliphatic carbocycles. The Labute approximate surface area is 108 Å². The first-order valence-corrected chi connectivity index (χ1v) is 6.04. The number of nitrogens with zero attached hydrogens (tertiary/aromatic N) is 2. The zero-order valence-electron chi connectivity index (χ0n) is 11.8. The van der Waals surface area contributed by atoms with E-state index in [0.717, 1.165) is 23.6 Å². The summed E-state index contributed by atoms with van der Waals surface area (Å²) in [5.74, 6) is 7.67. The minimum atomic E-state index is -0.204. The van der Waals surface area contributed by atoms with Crippen LogP contribution in [-0.2, 0) is 11.2 Å². The largest absolute Gasteiger partial charge is 0.382 e. The smallest absolute Gasteiger partial charge is 0.148 e. The average Bonchev–Trinajstić information content (AvgIpc) is 2.31. The number of aromatic nitrogens is 2. The number of aryl methyl sites for hydroxylation is 1. The normalized spacial score (nSPS) is 11.4. The molecule has 0 amide bonds. The maximum Gasteiger partial charge on any atom is 0.148 e. The third kappa shape index (κ3) is 3.54. The molecule has 0 spiro atoms. The summed E-state index contributed by atoms with van der Waals surface area (Å²) < 4.78 is 5.19. The summed E-state index contributed by atoms with van der Waals surface area (Å²) in [6.45, 7) is 8.64. The molecule has 6 nitrogen and oxygen atoms in total. The van der Waals surface area contributed by atoms with Crippen LogP contribution in [0.4, 0.5) is 11.6 Å². The number of rotatable bonds is 6. The summed E-state index contributed by atoms with van der Waals surface area (Å²) in [5, 5.41) is 3.37. The van der Waals surface area contributed by atoms with Gasteiger partial charge in [-0.2, -0.15) is 0 Å². The summed E-state index contributed by atoms with van der Waals surface area (Å²) in [6.07, 6.45) is 0.758. The quantitative estimate of drug-likeness (QED) is 0.526. The van der Waals surface area contributed by atoms with Crippen molar-refractivity contribution >= 4 is 11.6 Å². The van der Waals surface area contributed by atoms with Gasteiger partial charge in [-0.05, 0) is 20.8 Å². The molecule has 0 radical (unpaired) electrons. The molecule has 1 aromatic heterocycles. The van der Waals surface area contributed by atoms with Gasteiger partial charge in [0.15, 0.2) is 0 Å². The molecule has 1 rings (SSSR count). The lowest BCUT2D eigenvalue weighted by Crippen LogP contribution is -2.36. The number of nitrogens with one attached hydrogen (secondary N) is 2. The van der Waals surface area contributed by atoms with Crippen molar-refractivity contribution in [3.8, 4) is 0 Å². The molecule has 0 bridgehead atoms. The number of hydrogen-bond donors (Lipinski definition) is 3. The van der Waals surface area contributed by atoms with Crippen LogP contribution in [0, 0.1) is 6.92 Å². The van der Waals surface area contributed by atoms with Gasteiger partial charge in [-0.3, -0.25) is 0 Å². The highest BCUT2D eigenvalue weighted by molar-refractivity contribution is 5.57. The zero-order chi connectivity index (χ0) is 13.8. The third-order valence-electron chi connectivity index (χ3n) is 2.61. The van der Waals surface area contributed by atoms with Crippen LogP contribution in [0.2, 0.25) is 0 Å². The first-order valence-electron chi connectivity index (χ1n) is 6.04. The number of hydrogen-bond acceptors (Lipinski definition) is 6. The first-order chi connectivity index (χ1) is 8.43. The van der Waals surface area contributed by atoms with E-state index in [1.807, 2.05) is 13.8 Å². The first kappa shape index (κ1) is 14.7. The molecule has 0 aliphatic heterocycles. The number of hydrazine groups is 1. The molecule has 18 heavy (non-hydrogen) atoms. The van der Waals surface area contributed by atoms with Gasteiger partial charge in [0.25, 0.3) is 0 Å². The van der Waals surface area contributed by atoms with E-state index >= 15 is 0 Å². The van der Waals surface area contributed by atoms with Crippen molar-refractivity contribution in [2.45, 2.75) is 39.7 Å². The summed E-state index contributed by atoms with van der Waals surface area (Å²) in [4.78, 5) is 8.82. The zero-order valence-corrected chi connectivity index (χ0v) is 11.8. The Balaban J connectivity index is 3.07. The van der Waals surface area contributed by atoms with Gasteiger partial charge >= 0.3 is 0 Å². The molecule has 0 aromatic carbocycles. The van der Waals surface area contributed by atoms with Gasteiger partial charge in [0, 0.05) is 19.1 Å².